The molecular formula is C23H29Cl2NO2. The van der Waals surface area contributed by atoms with Crippen molar-refractivity contribution >= 4 is 23.2 Å². The van der Waals surface area contributed by atoms with Crippen LogP contribution in [0.25, 0.3) is 0 Å². The SMILES string of the molecule is COc1cc(CNC2CCCCCCC2)c(Cl)cc1OCc1ccccc1Cl. The van der Waals surface area contributed by atoms with E-state index in [-0.39, 0.29) is 0 Å². The third-order valence-electron chi connectivity index (χ3n) is 5.36. The van der Waals surface area contributed by atoms with Crippen LogP contribution < -0.4 is 14.8 Å². The van der Waals surface area contributed by atoms with Crippen molar-refractivity contribution in [2.45, 2.75) is 64.1 Å². The quantitative estimate of drug-likeness (QED) is 0.533. The first kappa shape index (κ1) is 21.3. The van der Waals surface area contributed by atoms with Gasteiger partial charge < -0.3 is 14.8 Å². The Balaban J connectivity index is 1.64. The molecule has 0 aromatic heterocycles. The molecule has 0 saturated heterocycles. The molecule has 0 amide bonds. The van der Waals surface area contributed by atoms with Crippen LogP contribution in [-0.2, 0) is 13.2 Å². The van der Waals surface area contributed by atoms with Crippen molar-refractivity contribution in [3.8, 4) is 11.5 Å². The highest BCUT2D eigenvalue weighted by Gasteiger charge is 2.15. The number of methoxy groups -OCH3 is 1. The molecule has 1 saturated carbocycles. The molecular weight excluding hydrogens is 393 g/mol. The summed E-state index contributed by atoms with van der Waals surface area (Å²) in [6.45, 7) is 1.11. The van der Waals surface area contributed by atoms with E-state index in [4.69, 9.17) is 32.7 Å². The van der Waals surface area contributed by atoms with Gasteiger partial charge in [0.1, 0.15) is 6.61 Å². The van der Waals surface area contributed by atoms with Crippen LogP contribution in [-0.4, -0.2) is 13.2 Å². The third-order valence-corrected chi connectivity index (χ3v) is 6.08. The predicted molar refractivity (Wildman–Crippen MR) is 117 cm³/mol. The first-order valence-electron chi connectivity index (χ1n) is 10.1. The summed E-state index contributed by atoms with van der Waals surface area (Å²) >= 11 is 12.8. The Morgan fingerprint density at radius 1 is 0.893 bits per heavy atom. The highest BCUT2D eigenvalue weighted by atomic mass is 35.5. The van der Waals surface area contributed by atoms with E-state index in [9.17, 15) is 0 Å². The molecule has 2 aromatic rings. The Bertz CT molecular complexity index is 758. The summed E-state index contributed by atoms with van der Waals surface area (Å²) in [7, 11) is 1.65. The van der Waals surface area contributed by atoms with Gasteiger partial charge in [-0.15, -0.1) is 0 Å². The summed E-state index contributed by atoms with van der Waals surface area (Å²) in [6.07, 6.45) is 9.19. The van der Waals surface area contributed by atoms with Gasteiger partial charge in [0.05, 0.1) is 7.11 Å². The normalized spacial score (nSPS) is 15.7. The number of ether oxygens (including phenoxy) is 2. The second-order valence-corrected chi connectivity index (χ2v) is 8.21. The van der Waals surface area contributed by atoms with Gasteiger partial charge in [-0.25, -0.2) is 0 Å². The Hall–Kier alpha value is -1.42. The molecule has 28 heavy (non-hydrogen) atoms. The molecule has 0 unspecified atom stereocenters. The molecule has 1 aliphatic carbocycles. The van der Waals surface area contributed by atoms with Crippen molar-refractivity contribution in [2.75, 3.05) is 7.11 Å². The minimum atomic E-state index is 0.367. The molecule has 1 fully saturated rings. The Morgan fingerprint density at radius 2 is 1.61 bits per heavy atom. The van der Waals surface area contributed by atoms with Gasteiger partial charge in [-0.05, 0) is 30.5 Å². The van der Waals surface area contributed by atoms with Crippen LogP contribution in [0.15, 0.2) is 36.4 Å². The summed E-state index contributed by atoms with van der Waals surface area (Å²) in [6, 6.07) is 12.0. The van der Waals surface area contributed by atoms with Crippen LogP contribution >= 0.6 is 23.2 Å². The molecule has 1 N–H and O–H groups in total. The first-order chi connectivity index (χ1) is 13.7. The molecule has 3 rings (SSSR count). The average molecular weight is 422 g/mol. The largest absolute Gasteiger partial charge is 0.493 e. The topological polar surface area (TPSA) is 30.5 Å². The minimum absolute atomic E-state index is 0.367. The lowest BCUT2D eigenvalue weighted by Gasteiger charge is -2.22. The molecule has 0 bridgehead atoms. The van der Waals surface area contributed by atoms with Crippen molar-refractivity contribution in [3.05, 3.63) is 57.6 Å². The highest BCUT2D eigenvalue weighted by Crippen LogP contribution is 2.34. The summed E-state index contributed by atoms with van der Waals surface area (Å²) in [5, 5.41) is 5.06. The summed E-state index contributed by atoms with van der Waals surface area (Å²) < 4.78 is 11.5. The van der Waals surface area contributed by atoms with Gasteiger partial charge in [0.2, 0.25) is 0 Å². The van der Waals surface area contributed by atoms with Gasteiger partial charge >= 0.3 is 0 Å². The van der Waals surface area contributed by atoms with Gasteiger partial charge in [-0.1, -0.05) is 73.5 Å². The van der Waals surface area contributed by atoms with Gasteiger partial charge in [0, 0.05) is 34.3 Å². The summed E-state index contributed by atoms with van der Waals surface area (Å²) in [5.41, 5.74) is 1.96. The van der Waals surface area contributed by atoms with Crippen LogP contribution in [0.4, 0.5) is 0 Å². The van der Waals surface area contributed by atoms with Crippen molar-refractivity contribution in [1.29, 1.82) is 0 Å². The van der Waals surface area contributed by atoms with Crippen LogP contribution in [0.3, 0.4) is 0 Å². The maximum atomic E-state index is 6.55. The third kappa shape index (κ3) is 6.04. The lowest BCUT2D eigenvalue weighted by atomic mass is 9.96. The number of nitrogens with one attached hydrogen (secondary N) is 1. The summed E-state index contributed by atoms with van der Waals surface area (Å²) in [5.74, 6) is 1.31. The number of rotatable bonds is 7. The van der Waals surface area contributed by atoms with Crippen molar-refractivity contribution in [2.24, 2.45) is 0 Å². The van der Waals surface area contributed by atoms with E-state index in [0.29, 0.717) is 34.2 Å². The highest BCUT2D eigenvalue weighted by molar-refractivity contribution is 6.31. The molecule has 1 aliphatic rings. The van der Waals surface area contributed by atoms with Crippen molar-refractivity contribution in [3.63, 3.8) is 0 Å². The fourth-order valence-electron chi connectivity index (χ4n) is 3.67. The second kappa shape index (κ2) is 10.9. The molecule has 0 heterocycles. The van der Waals surface area contributed by atoms with Crippen LogP contribution in [0.1, 0.15) is 56.1 Å². The van der Waals surface area contributed by atoms with Gasteiger partial charge in [0.15, 0.2) is 11.5 Å². The molecule has 3 nitrogen and oxygen atoms in total. The van der Waals surface area contributed by atoms with E-state index in [1.165, 1.54) is 44.9 Å². The minimum Gasteiger partial charge on any atom is -0.493 e. The van der Waals surface area contributed by atoms with Crippen molar-refractivity contribution < 1.29 is 9.47 Å². The average Bonchev–Trinajstić information content (AvgIpc) is 2.67. The zero-order valence-corrected chi connectivity index (χ0v) is 18.0. The maximum Gasteiger partial charge on any atom is 0.163 e. The van der Waals surface area contributed by atoms with E-state index in [1.807, 2.05) is 36.4 Å². The first-order valence-corrected chi connectivity index (χ1v) is 10.9. The molecule has 0 aliphatic heterocycles. The van der Waals surface area contributed by atoms with Crippen LogP contribution in [0.2, 0.25) is 10.0 Å². The lowest BCUT2D eigenvalue weighted by molar-refractivity contribution is 0.284. The van der Waals surface area contributed by atoms with Gasteiger partial charge in [-0.2, -0.15) is 0 Å². The standard InChI is InChI=1S/C23H29Cl2NO2/c1-27-22-13-18(15-26-19-10-5-3-2-4-6-11-19)21(25)14-23(22)28-16-17-9-7-8-12-20(17)24/h7-9,12-14,19,26H,2-6,10-11,15-16H2,1H3. The number of hydrogen-bond donors (Lipinski definition) is 1. The number of benzene rings is 2. The molecule has 152 valence electrons. The number of halogens is 2. The molecule has 5 heteroatoms. The molecule has 0 spiro atoms. The van der Waals surface area contributed by atoms with Crippen LogP contribution in [0, 0.1) is 0 Å². The Kier molecular flexibility index (Phi) is 8.32. The van der Waals surface area contributed by atoms with Crippen molar-refractivity contribution in [1.82, 2.24) is 5.32 Å². The fraction of sp³-hybridized carbons (Fsp3) is 0.478. The summed E-state index contributed by atoms with van der Waals surface area (Å²) in [4.78, 5) is 0. The number of hydrogen-bond acceptors (Lipinski definition) is 3. The van der Waals surface area contributed by atoms with E-state index in [1.54, 1.807) is 7.11 Å². The van der Waals surface area contributed by atoms with E-state index in [2.05, 4.69) is 5.32 Å². The van der Waals surface area contributed by atoms with E-state index < -0.39 is 0 Å². The van der Waals surface area contributed by atoms with Gasteiger partial charge in [-0.3, -0.25) is 0 Å². The molecule has 2 aromatic carbocycles. The fourth-order valence-corrected chi connectivity index (χ4v) is 4.08. The second-order valence-electron chi connectivity index (χ2n) is 7.40. The molecule has 0 atom stereocenters. The van der Waals surface area contributed by atoms with Crippen LogP contribution in [0.5, 0.6) is 11.5 Å². The zero-order valence-electron chi connectivity index (χ0n) is 16.5. The predicted octanol–water partition coefficient (Wildman–Crippen LogP) is 6.78. The smallest absolute Gasteiger partial charge is 0.163 e. The Morgan fingerprint density at radius 3 is 2.32 bits per heavy atom. The van der Waals surface area contributed by atoms with Gasteiger partial charge in [0.25, 0.3) is 0 Å². The Labute approximate surface area is 178 Å². The zero-order chi connectivity index (χ0) is 19.8. The van der Waals surface area contributed by atoms with E-state index >= 15 is 0 Å². The van der Waals surface area contributed by atoms with E-state index in [0.717, 1.165) is 17.7 Å². The maximum absolute atomic E-state index is 6.55. The molecule has 0 radical (unpaired) electrons. The lowest BCUT2D eigenvalue weighted by Crippen LogP contribution is -2.29. The monoisotopic (exact) mass is 421 g/mol.